The standard InChI is InChI=1S/2C15H27P.BF4.BrH.2NO.Ru/c2*1-2-8-13(7-1)16(14-9-3-4-10-14)15-11-5-6-12-15;2-1(3,4)5;;2*1-2;/h2*13-15H,1-12H2;;1H;;;/q;;-1;;;;+2/p-1. The number of halogens is 5. The molecule has 252 valence electrons. The van der Waals surface area contributed by atoms with Crippen molar-refractivity contribution in [2.75, 3.05) is 0 Å². The van der Waals surface area contributed by atoms with Gasteiger partial charge in [-0.15, -0.1) is 9.81 Å². The average Bonchev–Trinajstić information content (AvgIpc) is 3.83. The second-order valence-electron chi connectivity index (χ2n) is 13.0. The van der Waals surface area contributed by atoms with Crippen molar-refractivity contribution in [3.8, 4) is 0 Å². The summed E-state index contributed by atoms with van der Waals surface area (Å²) in [5.41, 5.74) is 18.8. The van der Waals surface area contributed by atoms with E-state index >= 15 is 0 Å². The molecule has 4 nitrogen and oxygen atoms in total. The van der Waals surface area contributed by atoms with Crippen LogP contribution in [0.4, 0.5) is 17.3 Å². The molecule has 0 aliphatic heterocycles. The van der Waals surface area contributed by atoms with Crippen molar-refractivity contribution in [3.63, 3.8) is 0 Å². The molecule has 0 heterocycles. The molecule has 0 spiro atoms. The van der Waals surface area contributed by atoms with Gasteiger partial charge in [-0.25, -0.2) is 0 Å². The summed E-state index contributed by atoms with van der Waals surface area (Å²) in [7, 11) is -5.13. The molecule has 0 atom stereocenters. The van der Waals surface area contributed by atoms with E-state index in [-0.39, 0.29) is 36.5 Å². The van der Waals surface area contributed by atoms with Crippen molar-refractivity contribution >= 4 is 23.1 Å². The summed E-state index contributed by atoms with van der Waals surface area (Å²) >= 11 is 0. The van der Waals surface area contributed by atoms with Gasteiger partial charge in [-0.05, 0) is 111 Å². The molecule has 6 saturated carbocycles. The normalized spacial score (nSPS) is 23.8. The maximum absolute atomic E-state index is 9.75. The van der Waals surface area contributed by atoms with E-state index in [1.54, 1.807) is 154 Å². The average molecular weight is 805 g/mol. The number of hydrogen-bond acceptors (Lipinski definition) is 2. The van der Waals surface area contributed by atoms with Crippen LogP contribution in [0.5, 0.6) is 0 Å². The van der Waals surface area contributed by atoms with E-state index in [0.717, 1.165) is 0 Å². The molecule has 0 unspecified atom stereocenters. The third-order valence-corrected chi connectivity index (χ3v) is 18.6. The van der Waals surface area contributed by atoms with Gasteiger partial charge >= 0.3 is 26.7 Å². The number of hydrogen-bond donors (Lipinski definition) is 0. The van der Waals surface area contributed by atoms with Gasteiger partial charge in [-0.2, -0.15) is 0 Å². The van der Waals surface area contributed by atoms with E-state index in [2.05, 4.69) is 0 Å². The summed E-state index contributed by atoms with van der Waals surface area (Å²) in [6.45, 7) is 0. The molecule has 6 aliphatic rings. The summed E-state index contributed by atoms with van der Waals surface area (Å²) in [6.07, 6.45) is 38.0. The Bertz CT molecular complexity index is 545. The zero-order valence-corrected chi connectivity index (χ0v) is 31.0. The minimum atomic E-state index is -6.00. The Morgan fingerprint density at radius 3 is 0.558 bits per heavy atom. The molecule has 0 aromatic rings. The van der Waals surface area contributed by atoms with Crippen LogP contribution in [0, 0.1) is 9.81 Å². The van der Waals surface area contributed by atoms with Crippen LogP contribution in [0.25, 0.3) is 0 Å². The molecule has 0 saturated heterocycles. The molecule has 43 heavy (non-hydrogen) atoms. The predicted molar refractivity (Wildman–Crippen MR) is 169 cm³/mol. The van der Waals surface area contributed by atoms with Gasteiger partial charge in [0.2, 0.25) is 0 Å². The van der Waals surface area contributed by atoms with Crippen LogP contribution in [-0.2, 0) is 19.5 Å². The first-order valence-electron chi connectivity index (χ1n) is 16.7. The fraction of sp³-hybridized carbons (Fsp3) is 1.00. The fourth-order valence-electron chi connectivity index (χ4n) is 9.00. The van der Waals surface area contributed by atoms with E-state index < -0.39 is 7.25 Å². The third-order valence-electron chi connectivity index (χ3n) is 10.5. The Hall–Kier alpha value is 0.948. The zero-order chi connectivity index (χ0) is 30.1. The van der Waals surface area contributed by atoms with Crippen LogP contribution in [0.1, 0.15) is 154 Å². The van der Waals surface area contributed by atoms with Crippen molar-refractivity contribution in [1.29, 1.82) is 0 Å². The minimum absolute atomic E-state index is 0. The Labute approximate surface area is 284 Å². The van der Waals surface area contributed by atoms with Crippen molar-refractivity contribution < 1.29 is 53.7 Å². The van der Waals surface area contributed by atoms with E-state index in [1.807, 2.05) is 0 Å². The number of nitroso groups, excluding NO2 is 2. The van der Waals surface area contributed by atoms with Crippen LogP contribution in [0.2, 0.25) is 0 Å². The zero-order valence-electron chi connectivity index (χ0n) is 25.9. The van der Waals surface area contributed by atoms with Crippen molar-refractivity contribution in [2.45, 2.75) is 188 Å². The predicted octanol–water partition coefficient (Wildman–Crippen LogP) is 8.00. The third kappa shape index (κ3) is 16.1. The van der Waals surface area contributed by atoms with Crippen LogP contribution in [0.3, 0.4) is 0 Å². The molecule has 6 rings (SSSR count). The number of nitrogens with zero attached hydrogens (tertiary/aromatic N) is 2. The first-order chi connectivity index (χ1) is 19.9. The molecular formula is C30H54BBrF4N2O2P2Ru. The van der Waals surface area contributed by atoms with Gasteiger partial charge in [0.25, 0.3) is 0 Å². The molecule has 6 aliphatic carbocycles. The maximum Gasteiger partial charge on any atom is 2.00 e. The van der Waals surface area contributed by atoms with Crippen molar-refractivity contribution in [2.24, 2.45) is 0 Å². The van der Waals surface area contributed by atoms with E-state index in [1.165, 1.54) is 34.0 Å². The Morgan fingerprint density at radius 2 is 0.465 bits per heavy atom. The molecule has 0 aromatic heterocycles. The van der Waals surface area contributed by atoms with Crippen LogP contribution < -0.4 is 28.2 Å². The van der Waals surface area contributed by atoms with Gasteiger partial charge < -0.3 is 34.2 Å². The Balaban J connectivity index is 0.000000625. The van der Waals surface area contributed by atoms with Gasteiger partial charge in [-0.3, -0.25) is 0 Å². The van der Waals surface area contributed by atoms with E-state index in [0.29, 0.717) is 15.8 Å². The summed E-state index contributed by atoms with van der Waals surface area (Å²) in [5, 5.41) is 0. The molecule has 0 amide bonds. The van der Waals surface area contributed by atoms with Gasteiger partial charge in [0.05, 0.1) is 0 Å². The van der Waals surface area contributed by atoms with Crippen molar-refractivity contribution in [1.82, 2.24) is 11.2 Å². The first kappa shape index (κ1) is 43.9. The maximum atomic E-state index is 9.75. The van der Waals surface area contributed by atoms with E-state index in [9.17, 15) is 17.3 Å². The first-order valence-corrected chi connectivity index (χ1v) is 19.8. The molecule has 6 fully saturated rings. The molecule has 0 N–H and O–H groups in total. The fourth-order valence-corrected chi connectivity index (χ4v) is 18.3. The van der Waals surface area contributed by atoms with Crippen LogP contribution in [0.15, 0.2) is 0 Å². The number of rotatable bonds is 6. The van der Waals surface area contributed by atoms with E-state index in [4.69, 9.17) is 21.0 Å². The molecule has 13 heteroatoms. The second kappa shape index (κ2) is 25.0. The summed E-state index contributed by atoms with van der Waals surface area (Å²) < 4.78 is 39.0. The van der Waals surface area contributed by atoms with Gasteiger partial charge in [-0.1, -0.05) is 92.9 Å². The smallest absolute Gasteiger partial charge is 1.00 e. The Kier molecular flexibility index (Phi) is 25.6. The SMILES string of the molecule is C1CCC(P(C2CCCC2)C2CCCC2)C1.C1CCC(P(C2CCCC2)C2CCCC2)C1.F[B-](F)(F)F.[Br-].[N]=O.[N]=O.[Ru+2]. The van der Waals surface area contributed by atoms with Gasteiger partial charge in [0.1, 0.15) is 11.2 Å². The largest absolute Gasteiger partial charge is 2.00 e. The van der Waals surface area contributed by atoms with Gasteiger partial charge in [0, 0.05) is 0 Å². The molecule has 0 bridgehead atoms. The quantitative estimate of drug-likeness (QED) is 0.155. The van der Waals surface area contributed by atoms with Crippen LogP contribution in [-0.4, -0.2) is 41.2 Å². The monoisotopic (exact) mass is 804 g/mol. The van der Waals surface area contributed by atoms with Crippen molar-refractivity contribution in [3.05, 3.63) is 9.81 Å². The summed E-state index contributed by atoms with van der Waals surface area (Å²) in [4.78, 5) is 14.5. The summed E-state index contributed by atoms with van der Waals surface area (Å²) in [5.74, 6) is 0. The minimum Gasteiger partial charge on any atom is -1.00 e. The molecule has 0 aromatic carbocycles. The van der Waals surface area contributed by atoms with Crippen LogP contribution >= 0.6 is 15.8 Å². The molecular weight excluding hydrogens is 750 g/mol. The Morgan fingerprint density at radius 1 is 0.372 bits per heavy atom. The topological polar surface area (TPSA) is 78.7 Å². The molecule has 2 radical (unpaired) electrons. The summed E-state index contributed by atoms with van der Waals surface area (Å²) in [6, 6.07) is 0. The van der Waals surface area contributed by atoms with Gasteiger partial charge in [0.15, 0.2) is 0 Å². The second-order valence-corrected chi connectivity index (χ2v) is 19.2.